The minimum absolute atomic E-state index is 0.266. The van der Waals surface area contributed by atoms with Crippen LogP contribution in [0.5, 0.6) is 11.5 Å². The van der Waals surface area contributed by atoms with Gasteiger partial charge in [0, 0.05) is 23.3 Å². The number of carbonyl (C=O) groups excluding carboxylic acids is 3. The number of nitrogens with one attached hydrogen (secondary N) is 2. The van der Waals surface area contributed by atoms with E-state index in [1.807, 2.05) is 0 Å². The second kappa shape index (κ2) is 12.5. The van der Waals surface area contributed by atoms with Crippen LogP contribution in [0.4, 0.5) is 16.2 Å². The molecule has 0 bridgehead atoms. The van der Waals surface area contributed by atoms with Crippen molar-refractivity contribution in [3.63, 3.8) is 0 Å². The summed E-state index contributed by atoms with van der Waals surface area (Å²) >= 11 is 0. The third kappa shape index (κ3) is 7.42. The number of unbranched alkanes of at least 4 members (excludes halogenated alkanes) is 1. The number of anilines is 2. The molecule has 0 fully saturated rings. The lowest BCUT2D eigenvalue weighted by molar-refractivity contribution is 0.0515. The lowest BCUT2D eigenvalue weighted by Crippen LogP contribution is -2.27. The van der Waals surface area contributed by atoms with Gasteiger partial charge in [-0.15, -0.1) is 0 Å². The molecule has 0 saturated heterocycles. The van der Waals surface area contributed by atoms with Crippen LogP contribution >= 0.6 is 0 Å². The first-order chi connectivity index (χ1) is 19.6. The van der Waals surface area contributed by atoms with Gasteiger partial charge in [-0.3, -0.25) is 9.59 Å². The normalized spacial score (nSPS) is 11.1. The summed E-state index contributed by atoms with van der Waals surface area (Å²) in [4.78, 5) is 38.9. The van der Waals surface area contributed by atoms with Crippen LogP contribution in [0.15, 0.2) is 66.9 Å². The number of rotatable bonds is 9. The fraction of sp³-hybridized carbons (Fsp3) is 0.290. The maximum absolute atomic E-state index is 13.3. The number of methoxy groups -OCH3 is 1. The molecular weight excluding hydrogens is 524 g/mol. The highest BCUT2D eigenvalue weighted by Crippen LogP contribution is 2.27. The average Bonchev–Trinajstić information content (AvgIpc) is 3.36. The van der Waals surface area contributed by atoms with Crippen molar-refractivity contribution >= 4 is 40.2 Å². The molecule has 0 aliphatic heterocycles. The van der Waals surface area contributed by atoms with Gasteiger partial charge in [0.05, 0.1) is 36.0 Å². The Labute approximate surface area is 238 Å². The predicted octanol–water partition coefficient (Wildman–Crippen LogP) is 6.51. The monoisotopic (exact) mass is 558 g/mol. The van der Waals surface area contributed by atoms with Gasteiger partial charge in [-0.25, -0.2) is 4.79 Å². The van der Waals surface area contributed by atoms with Gasteiger partial charge in [-0.2, -0.15) is 9.78 Å². The van der Waals surface area contributed by atoms with Crippen LogP contribution in [-0.4, -0.2) is 47.0 Å². The van der Waals surface area contributed by atoms with Crippen LogP contribution in [-0.2, 0) is 4.74 Å². The van der Waals surface area contributed by atoms with E-state index >= 15 is 0 Å². The Balaban J connectivity index is 1.52. The molecule has 0 atom stereocenters. The van der Waals surface area contributed by atoms with Crippen molar-refractivity contribution in [1.29, 1.82) is 0 Å². The quantitative estimate of drug-likeness (QED) is 0.225. The van der Waals surface area contributed by atoms with Crippen LogP contribution in [0.1, 0.15) is 61.3 Å². The van der Waals surface area contributed by atoms with Crippen molar-refractivity contribution in [3.8, 4) is 11.5 Å². The second-order valence-corrected chi connectivity index (χ2v) is 10.3. The molecule has 214 valence electrons. The summed E-state index contributed by atoms with van der Waals surface area (Å²) in [5, 5.41) is 10.7. The van der Waals surface area contributed by atoms with E-state index in [1.54, 1.807) is 94.7 Å². The van der Waals surface area contributed by atoms with Crippen LogP contribution in [0.25, 0.3) is 10.9 Å². The Morgan fingerprint density at radius 1 is 0.927 bits per heavy atom. The summed E-state index contributed by atoms with van der Waals surface area (Å²) in [5.74, 6) is 0.117. The standard InChI is InChI=1S/C31H34N4O6/c1-6-7-16-40-27-18-22(39-5)14-15-24(27)29(37)33-25-11-9-8-10-23(25)28(36)32-21-13-12-20-19-35(34-26(20)17-21)30(38)41-31(2,3)4/h8-15,17-19H,6-7,16H2,1-5H3,(H,32,36)(H,33,37). The molecule has 0 radical (unpaired) electrons. The minimum Gasteiger partial charge on any atom is -0.497 e. The molecule has 0 aliphatic rings. The number of hydrogen-bond donors (Lipinski definition) is 2. The molecule has 2 N–H and O–H groups in total. The third-order valence-corrected chi connectivity index (χ3v) is 5.95. The molecule has 0 unspecified atom stereocenters. The minimum atomic E-state index is -0.659. The molecule has 1 aromatic heterocycles. The first kappa shape index (κ1) is 29.1. The molecule has 4 aromatic rings. The van der Waals surface area contributed by atoms with Crippen molar-refractivity contribution in [2.45, 2.75) is 46.1 Å². The van der Waals surface area contributed by atoms with Gasteiger partial charge in [0.25, 0.3) is 11.8 Å². The van der Waals surface area contributed by atoms with Gasteiger partial charge >= 0.3 is 6.09 Å². The molecule has 2 amide bonds. The van der Waals surface area contributed by atoms with E-state index in [4.69, 9.17) is 14.2 Å². The maximum Gasteiger partial charge on any atom is 0.435 e. The maximum atomic E-state index is 13.3. The summed E-state index contributed by atoms with van der Waals surface area (Å²) in [6.45, 7) is 7.85. The van der Waals surface area contributed by atoms with E-state index in [0.29, 0.717) is 45.9 Å². The molecule has 0 saturated carbocycles. The van der Waals surface area contributed by atoms with E-state index in [1.165, 1.54) is 0 Å². The van der Waals surface area contributed by atoms with Crippen LogP contribution in [0.2, 0.25) is 0 Å². The predicted molar refractivity (Wildman–Crippen MR) is 157 cm³/mol. The number of ether oxygens (including phenoxy) is 3. The van der Waals surface area contributed by atoms with E-state index in [2.05, 4.69) is 22.7 Å². The molecule has 0 aliphatic carbocycles. The van der Waals surface area contributed by atoms with Crippen molar-refractivity contribution in [3.05, 3.63) is 78.0 Å². The van der Waals surface area contributed by atoms with Gasteiger partial charge in [-0.05, 0) is 69.7 Å². The number of para-hydroxylation sites is 1. The summed E-state index contributed by atoms with van der Waals surface area (Å²) < 4.78 is 17.6. The van der Waals surface area contributed by atoms with Gasteiger partial charge in [0.2, 0.25) is 0 Å². The van der Waals surface area contributed by atoms with E-state index < -0.39 is 23.5 Å². The second-order valence-electron chi connectivity index (χ2n) is 10.3. The van der Waals surface area contributed by atoms with Gasteiger partial charge < -0.3 is 24.8 Å². The van der Waals surface area contributed by atoms with E-state index in [-0.39, 0.29) is 5.56 Å². The summed E-state index contributed by atoms with van der Waals surface area (Å²) in [6.07, 6.45) is 2.76. The van der Waals surface area contributed by atoms with Crippen molar-refractivity contribution in [2.75, 3.05) is 24.4 Å². The summed E-state index contributed by atoms with van der Waals surface area (Å²) in [7, 11) is 1.55. The van der Waals surface area contributed by atoms with Gasteiger partial charge in [0.15, 0.2) is 0 Å². The number of aromatic nitrogens is 2. The molecule has 1 heterocycles. The molecule has 10 nitrogen and oxygen atoms in total. The Morgan fingerprint density at radius 2 is 1.68 bits per heavy atom. The largest absolute Gasteiger partial charge is 0.497 e. The molecule has 4 rings (SSSR count). The number of hydrogen-bond acceptors (Lipinski definition) is 7. The zero-order valence-electron chi connectivity index (χ0n) is 23.8. The van der Waals surface area contributed by atoms with Crippen LogP contribution < -0.4 is 20.1 Å². The molecule has 0 spiro atoms. The lowest BCUT2D eigenvalue weighted by Gasteiger charge is -2.18. The highest BCUT2D eigenvalue weighted by molar-refractivity contribution is 6.13. The van der Waals surface area contributed by atoms with E-state index in [0.717, 1.165) is 17.5 Å². The van der Waals surface area contributed by atoms with Gasteiger partial charge in [-0.1, -0.05) is 25.5 Å². The number of carbonyl (C=O) groups is 3. The highest BCUT2D eigenvalue weighted by atomic mass is 16.6. The lowest BCUT2D eigenvalue weighted by atomic mass is 10.1. The number of benzene rings is 3. The average molecular weight is 559 g/mol. The Bertz CT molecular complexity index is 1570. The fourth-order valence-corrected chi connectivity index (χ4v) is 3.94. The fourth-order valence-electron chi connectivity index (χ4n) is 3.94. The molecule has 10 heteroatoms. The zero-order chi connectivity index (χ0) is 29.6. The molecule has 41 heavy (non-hydrogen) atoms. The molecular formula is C31H34N4O6. The van der Waals surface area contributed by atoms with E-state index in [9.17, 15) is 14.4 Å². The van der Waals surface area contributed by atoms with Gasteiger partial charge in [0.1, 0.15) is 17.1 Å². The smallest absolute Gasteiger partial charge is 0.435 e. The van der Waals surface area contributed by atoms with Crippen molar-refractivity contribution < 1.29 is 28.6 Å². The first-order valence-corrected chi connectivity index (χ1v) is 13.3. The third-order valence-electron chi connectivity index (χ3n) is 5.95. The highest BCUT2D eigenvalue weighted by Gasteiger charge is 2.20. The summed E-state index contributed by atoms with van der Waals surface area (Å²) in [5.41, 5.74) is 1.24. The number of amides is 2. The topological polar surface area (TPSA) is 121 Å². The Morgan fingerprint density at radius 3 is 2.41 bits per heavy atom. The summed E-state index contributed by atoms with van der Waals surface area (Å²) in [6, 6.07) is 16.8. The zero-order valence-corrected chi connectivity index (χ0v) is 23.8. The van der Waals surface area contributed by atoms with Crippen molar-refractivity contribution in [1.82, 2.24) is 9.78 Å². The van der Waals surface area contributed by atoms with Crippen LogP contribution in [0, 0.1) is 0 Å². The van der Waals surface area contributed by atoms with Crippen LogP contribution in [0.3, 0.4) is 0 Å². The molecule has 3 aromatic carbocycles. The first-order valence-electron chi connectivity index (χ1n) is 13.3. The Kier molecular flexibility index (Phi) is 8.91. The van der Waals surface area contributed by atoms with Crippen molar-refractivity contribution in [2.24, 2.45) is 0 Å². The SMILES string of the molecule is CCCCOc1cc(OC)ccc1C(=O)Nc1ccccc1C(=O)Nc1ccc2cn(C(=O)OC(C)(C)C)nc2c1. The number of fused-ring (bicyclic) bond motifs is 1. The number of nitrogens with zero attached hydrogens (tertiary/aromatic N) is 2. The Hall–Kier alpha value is -4.86.